The lowest BCUT2D eigenvalue weighted by atomic mass is 10.2. The van der Waals surface area contributed by atoms with Crippen LogP contribution in [0.15, 0.2) is 58.0 Å². The molecule has 5 aromatic rings. The van der Waals surface area contributed by atoms with Crippen molar-refractivity contribution >= 4 is 29.0 Å². The third kappa shape index (κ3) is 3.81. The van der Waals surface area contributed by atoms with Gasteiger partial charge in [-0.15, -0.1) is 10.2 Å². The van der Waals surface area contributed by atoms with Crippen LogP contribution in [0, 0.1) is 6.92 Å². The molecular weight excluding hydrogens is 486 g/mol. The third-order valence-corrected chi connectivity index (χ3v) is 6.39. The van der Waals surface area contributed by atoms with Gasteiger partial charge in [-0.1, -0.05) is 22.8 Å². The fraction of sp³-hybridized carbons (Fsp3) is 0.217. The molecule has 6 rings (SSSR count). The van der Waals surface area contributed by atoms with Gasteiger partial charge in [-0.05, 0) is 37.3 Å². The molecule has 4 aromatic heterocycles. The van der Waals surface area contributed by atoms with Crippen molar-refractivity contribution in [3.8, 4) is 17.4 Å². The fourth-order valence-corrected chi connectivity index (χ4v) is 4.40. The Kier molecular flexibility index (Phi) is 5.29. The van der Waals surface area contributed by atoms with Crippen LogP contribution in [0.3, 0.4) is 0 Å². The molecule has 182 valence electrons. The molecule has 0 aliphatic carbocycles. The van der Waals surface area contributed by atoms with Gasteiger partial charge >= 0.3 is 6.01 Å². The summed E-state index contributed by atoms with van der Waals surface area (Å²) < 4.78 is 8.78. The van der Waals surface area contributed by atoms with Crippen LogP contribution in [-0.4, -0.2) is 71.6 Å². The summed E-state index contributed by atoms with van der Waals surface area (Å²) in [5, 5.41) is 17.6. The van der Waals surface area contributed by atoms with Gasteiger partial charge in [0.25, 0.3) is 11.5 Å². The van der Waals surface area contributed by atoms with Gasteiger partial charge in [0, 0.05) is 43.0 Å². The predicted octanol–water partition coefficient (Wildman–Crippen LogP) is 2.18. The van der Waals surface area contributed by atoms with Gasteiger partial charge in [-0.2, -0.15) is 5.10 Å². The van der Waals surface area contributed by atoms with E-state index in [2.05, 4.69) is 25.4 Å². The molecule has 1 saturated heterocycles. The number of carbonyl (C=O) groups excluding carboxylic acids is 1. The molecule has 0 unspecified atom stereocenters. The number of hydrogen-bond donors (Lipinski definition) is 1. The fourth-order valence-electron chi connectivity index (χ4n) is 4.21. The van der Waals surface area contributed by atoms with Crippen molar-refractivity contribution in [1.29, 1.82) is 0 Å². The van der Waals surface area contributed by atoms with E-state index in [1.165, 1.54) is 15.4 Å². The van der Waals surface area contributed by atoms with Crippen molar-refractivity contribution in [1.82, 2.24) is 39.5 Å². The van der Waals surface area contributed by atoms with E-state index in [0.29, 0.717) is 59.9 Å². The normalized spacial score (nSPS) is 14.1. The van der Waals surface area contributed by atoms with Gasteiger partial charge < -0.3 is 14.2 Å². The third-order valence-electron chi connectivity index (χ3n) is 6.15. The topological polar surface area (TPSA) is 130 Å². The second kappa shape index (κ2) is 8.64. The number of aromatic nitrogens is 7. The molecule has 1 aliphatic heterocycles. The Labute approximate surface area is 208 Å². The highest BCUT2D eigenvalue weighted by atomic mass is 35.5. The summed E-state index contributed by atoms with van der Waals surface area (Å²) in [7, 11) is 0. The molecule has 0 atom stereocenters. The summed E-state index contributed by atoms with van der Waals surface area (Å²) in [6.07, 6.45) is 3.18. The van der Waals surface area contributed by atoms with Crippen LogP contribution in [0.25, 0.3) is 22.9 Å². The molecule has 1 aliphatic rings. The smallest absolute Gasteiger partial charge is 0.318 e. The number of rotatable bonds is 4. The SMILES string of the molecule is Cc1c(C(=O)N2CCN(c3nnc(-c4cccc(Cl)c4)o3)CC2)cnn1-c1nn2cccc2c(=O)[nH]1. The van der Waals surface area contributed by atoms with Crippen LogP contribution in [0.5, 0.6) is 0 Å². The van der Waals surface area contributed by atoms with Crippen molar-refractivity contribution in [3.63, 3.8) is 0 Å². The first-order chi connectivity index (χ1) is 17.5. The highest BCUT2D eigenvalue weighted by molar-refractivity contribution is 6.30. The Morgan fingerprint density at radius 1 is 1.11 bits per heavy atom. The number of piperazine rings is 1. The lowest BCUT2D eigenvalue weighted by molar-refractivity contribution is 0.0744. The van der Waals surface area contributed by atoms with E-state index >= 15 is 0 Å². The minimum absolute atomic E-state index is 0.145. The van der Waals surface area contributed by atoms with Gasteiger partial charge in [0.1, 0.15) is 5.52 Å². The molecular formula is C23H20ClN9O3. The zero-order chi connectivity index (χ0) is 24.8. The number of hydrogen-bond acceptors (Lipinski definition) is 8. The van der Waals surface area contributed by atoms with Gasteiger partial charge in [-0.25, -0.2) is 9.20 Å². The Morgan fingerprint density at radius 3 is 2.75 bits per heavy atom. The summed E-state index contributed by atoms with van der Waals surface area (Å²) in [6, 6.07) is 11.0. The van der Waals surface area contributed by atoms with Crippen LogP contribution in [0.2, 0.25) is 5.02 Å². The van der Waals surface area contributed by atoms with Crippen LogP contribution in [0.1, 0.15) is 16.1 Å². The number of halogens is 1. The first-order valence-electron chi connectivity index (χ1n) is 11.2. The summed E-state index contributed by atoms with van der Waals surface area (Å²) >= 11 is 6.06. The summed E-state index contributed by atoms with van der Waals surface area (Å²) in [6.45, 7) is 3.79. The van der Waals surface area contributed by atoms with E-state index in [1.54, 1.807) is 42.3 Å². The number of aromatic amines is 1. The van der Waals surface area contributed by atoms with E-state index < -0.39 is 0 Å². The van der Waals surface area contributed by atoms with E-state index in [0.717, 1.165) is 5.56 Å². The van der Waals surface area contributed by atoms with E-state index in [9.17, 15) is 9.59 Å². The van der Waals surface area contributed by atoms with Crippen molar-refractivity contribution in [2.24, 2.45) is 0 Å². The van der Waals surface area contributed by atoms with Crippen molar-refractivity contribution < 1.29 is 9.21 Å². The number of amides is 1. The van der Waals surface area contributed by atoms with Crippen LogP contribution in [0.4, 0.5) is 6.01 Å². The standard InChI is InChI=1S/C23H20ClN9O3/c1-14-17(13-25-33(14)22-26-19(34)18-6-3-7-32(18)29-22)21(35)30-8-10-31(11-9-30)23-28-27-20(36-23)15-4-2-5-16(24)12-15/h2-7,12-13H,8-11H2,1H3,(H,26,29,34). The van der Waals surface area contributed by atoms with Gasteiger partial charge in [0.15, 0.2) is 0 Å². The van der Waals surface area contributed by atoms with Crippen molar-refractivity contribution in [3.05, 3.63) is 75.4 Å². The van der Waals surface area contributed by atoms with E-state index in [-0.39, 0.29) is 17.4 Å². The molecule has 0 spiro atoms. The number of fused-ring (bicyclic) bond motifs is 1. The average Bonchev–Trinajstić information content (AvgIpc) is 3.64. The van der Waals surface area contributed by atoms with Gasteiger partial charge in [-0.3, -0.25) is 14.6 Å². The van der Waals surface area contributed by atoms with E-state index in [4.69, 9.17) is 16.0 Å². The highest BCUT2D eigenvalue weighted by Crippen LogP contribution is 2.25. The second-order valence-electron chi connectivity index (χ2n) is 8.35. The number of H-pyrrole nitrogens is 1. The zero-order valence-electron chi connectivity index (χ0n) is 19.1. The molecule has 5 heterocycles. The number of anilines is 1. The quantitative estimate of drug-likeness (QED) is 0.393. The molecule has 12 nitrogen and oxygen atoms in total. The molecule has 13 heteroatoms. The maximum absolute atomic E-state index is 13.3. The molecule has 1 fully saturated rings. The summed E-state index contributed by atoms with van der Waals surface area (Å²) in [5.74, 6) is 0.476. The number of nitrogens with one attached hydrogen (secondary N) is 1. The maximum Gasteiger partial charge on any atom is 0.318 e. The van der Waals surface area contributed by atoms with E-state index in [1.807, 2.05) is 17.0 Å². The lowest BCUT2D eigenvalue weighted by Crippen LogP contribution is -2.49. The van der Waals surface area contributed by atoms with Crippen LogP contribution in [-0.2, 0) is 0 Å². The maximum atomic E-state index is 13.3. The number of carbonyl (C=O) groups is 1. The summed E-state index contributed by atoms with van der Waals surface area (Å²) in [5.41, 5.74) is 1.91. The average molecular weight is 506 g/mol. The monoisotopic (exact) mass is 505 g/mol. The molecule has 36 heavy (non-hydrogen) atoms. The second-order valence-corrected chi connectivity index (χ2v) is 8.79. The Balaban J connectivity index is 1.16. The Morgan fingerprint density at radius 2 is 1.94 bits per heavy atom. The molecule has 0 radical (unpaired) electrons. The minimum atomic E-state index is -0.288. The Bertz CT molecular complexity index is 1640. The number of benzene rings is 1. The Hall–Kier alpha value is -4.45. The lowest BCUT2D eigenvalue weighted by Gasteiger charge is -2.33. The predicted molar refractivity (Wildman–Crippen MR) is 131 cm³/mol. The van der Waals surface area contributed by atoms with Crippen LogP contribution >= 0.6 is 11.6 Å². The minimum Gasteiger partial charge on any atom is -0.403 e. The highest BCUT2D eigenvalue weighted by Gasteiger charge is 2.27. The largest absolute Gasteiger partial charge is 0.403 e. The zero-order valence-corrected chi connectivity index (χ0v) is 19.9. The first-order valence-corrected chi connectivity index (χ1v) is 11.6. The van der Waals surface area contributed by atoms with Crippen LogP contribution < -0.4 is 10.5 Å². The molecule has 1 N–H and O–H groups in total. The van der Waals surface area contributed by atoms with Gasteiger partial charge in [0.2, 0.25) is 11.8 Å². The molecule has 1 amide bonds. The molecule has 1 aromatic carbocycles. The number of nitrogens with zero attached hydrogens (tertiary/aromatic N) is 8. The van der Waals surface area contributed by atoms with Gasteiger partial charge in [0.05, 0.1) is 17.5 Å². The summed E-state index contributed by atoms with van der Waals surface area (Å²) in [4.78, 5) is 32.0. The molecule has 0 saturated carbocycles. The van der Waals surface area contributed by atoms with Crippen molar-refractivity contribution in [2.45, 2.75) is 6.92 Å². The van der Waals surface area contributed by atoms with Crippen molar-refractivity contribution in [2.75, 3.05) is 31.1 Å². The first kappa shape index (κ1) is 22.0. The molecule has 0 bridgehead atoms.